The highest BCUT2D eigenvalue weighted by Crippen LogP contribution is 2.33. The Bertz CT molecular complexity index is 890. The SMILES string of the molecule is CC(O)c1cccc(N=Nc2ccc(NCCN)c3ccccc23)c1. The zero-order chi connectivity index (χ0) is 17.6. The van der Waals surface area contributed by atoms with Crippen LogP contribution in [0, 0.1) is 0 Å². The summed E-state index contributed by atoms with van der Waals surface area (Å²) in [4.78, 5) is 0. The van der Waals surface area contributed by atoms with E-state index in [2.05, 4.69) is 21.6 Å². The molecule has 0 aliphatic heterocycles. The van der Waals surface area contributed by atoms with Gasteiger partial charge in [-0.05, 0) is 36.8 Å². The maximum atomic E-state index is 9.69. The molecule has 0 saturated carbocycles. The van der Waals surface area contributed by atoms with Gasteiger partial charge in [-0.1, -0.05) is 36.4 Å². The van der Waals surface area contributed by atoms with Crippen molar-refractivity contribution in [1.29, 1.82) is 0 Å². The van der Waals surface area contributed by atoms with Crippen molar-refractivity contribution in [3.05, 3.63) is 66.2 Å². The van der Waals surface area contributed by atoms with Crippen molar-refractivity contribution >= 4 is 27.8 Å². The molecule has 0 fully saturated rings. The fourth-order valence-corrected chi connectivity index (χ4v) is 2.69. The monoisotopic (exact) mass is 334 g/mol. The molecule has 0 aromatic heterocycles. The van der Waals surface area contributed by atoms with Crippen molar-refractivity contribution in [2.45, 2.75) is 13.0 Å². The van der Waals surface area contributed by atoms with Crippen LogP contribution < -0.4 is 11.1 Å². The summed E-state index contributed by atoms with van der Waals surface area (Å²) in [5, 5.41) is 23.9. The molecule has 3 rings (SSSR count). The lowest BCUT2D eigenvalue weighted by Crippen LogP contribution is -2.13. The van der Waals surface area contributed by atoms with Crippen molar-refractivity contribution in [1.82, 2.24) is 0 Å². The first-order chi connectivity index (χ1) is 12.2. The molecule has 1 atom stereocenters. The summed E-state index contributed by atoms with van der Waals surface area (Å²) in [6, 6.07) is 19.5. The van der Waals surface area contributed by atoms with Crippen LogP contribution in [0.5, 0.6) is 0 Å². The van der Waals surface area contributed by atoms with Gasteiger partial charge in [0.2, 0.25) is 0 Å². The summed E-state index contributed by atoms with van der Waals surface area (Å²) in [7, 11) is 0. The minimum atomic E-state index is -0.524. The number of aliphatic hydroxyl groups is 1. The molecule has 128 valence electrons. The number of nitrogens with two attached hydrogens (primary N) is 1. The number of rotatable bonds is 6. The minimum Gasteiger partial charge on any atom is -0.389 e. The van der Waals surface area contributed by atoms with E-state index in [0.29, 0.717) is 12.2 Å². The maximum Gasteiger partial charge on any atom is 0.0936 e. The topological polar surface area (TPSA) is 83.0 Å². The number of hydrogen-bond acceptors (Lipinski definition) is 5. The standard InChI is InChI=1S/C20H22N4O/c1-14(25)15-5-4-6-16(13-15)23-24-20-10-9-19(22-12-11-21)17-7-2-3-8-18(17)20/h2-10,13-14,22,25H,11-12,21H2,1H3. The first-order valence-corrected chi connectivity index (χ1v) is 8.34. The third-order valence-electron chi connectivity index (χ3n) is 3.99. The maximum absolute atomic E-state index is 9.69. The lowest BCUT2D eigenvalue weighted by atomic mass is 10.1. The highest BCUT2D eigenvalue weighted by molar-refractivity contribution is 6.00. The molecule has 25 heavy (non-hydrogen) atoms. The zero-order valence-corrected chi connectivity index (χ0v) is 14.2. The molecule has 0 amide bonds. The molecule has 0 saturated heterocycles. The molecular weight excluding hydrogens is 312 g/mol. The Morgan fingerprint density at radius 1 is 1.00 bits per heavy atom. The van der Waals surface area contributed by atoms with Gasteiger partial charge >= 0.3 is 0 Å². The van der Waals surface area contributed by atoms with Gasteiger partial charge in [-0.15, -0.1) is 5.11 Å². The summed E-state index contributed by atoms with van der Waals surface area (Å²) in [6.45, 7) is 3.03. The van der Waals surface area contributed by atoms with Crippen LogP contribution in [0.1, 0.15) is 18.6 Å². The Morgan fingerprint density at radius 3 is 2.56 bits per heavy atom. The van der Waals surface area contributed by atoms with E-state index in [1.54, 1.807) is 6.92 Å². The second-order valence-electron chi connectivity index (χ2n) is 5.86. The van der Waals surface area contributed by atoms with Crippen LogP contribution in [0.2, 0.25) is 0 Å². The average Bonchev–Trinajstić information content (AvgIpc) is 2.65. The van der Waals surface area contributed by atoms with Crippen LogP contribution in [0.15, 0.2) is 70.9 Å². The first kappa shape index (κ1) is 17.1. The predicted octanol–water partition coefficient (Wildman–Crippen LogP) is 4.68. The predicted molar refractivity (Wildman–Crippen MR) is 103 cm³/mol. The van der Waals surface area contributed by atoms with E-state index in [-0.39, 0.29) is 0 Å². The molecule has 5 heteroatoms. The first-order valence-electron chi connectivity index (χ1n) is 8.34. The largest absolute Gasteiger partial charge is 0.389 e. The number of nitrogens with zero attached hydrogens (tertiary/aromatic N) is 2. The summed E-state index contributed by atoms with van der Waals surface area (Å²) in [5.41, 5.74) is 8.96. The van der Waals surface area contributed by atoms with Gasteiger partial charge in [0.1, 0.15) is 0 Å². The number of azo groups is 1. The van der Waals surface area contributed by atoms with Gasteiger partial charge < -0.3 is 16.2 Å². The molecule has 0 bridgehead atoms. The van der Waals surface area contributed by atoms with E-state index < -0.39 is 6.10 Å². The van der Waals surface area contributed by atoms with Crippen molar-refractivity contribution < 1.29 is 5.11 Å². The van der Waals surface area contributed by atoms with E-state index in [4.69, 9.17) is 5.73 Å². The fraction of sp³-hybridized carbons (Fsp3) is 0.200. The number of benzene rings is 3. The number of aliphatic hydroxyl groups excluding tert-OH is 1. The normalized spacial score (nSPS) is 12.6. The summed E-state index contributed by atoms with van der Waals surface area (Å²) in [6.07, 6.45) is -0.524. The van der Waals surface area contributed by atoms with Gasteiger partial charge in [0.25, 0.3) is 0 Å². The minimum absolute atomic E-state index is 0.524. The van der Waals surface area contributed by atoms with Gasteiger partial charge in [0, 0.05) is 29.5 Å². The van der Waals surface area contributed by atoms with Crippen LogP contribution in [0.3, 0.4) is 0 Å². The summed E-state index contributed by atoms with van der Waals surface area (Å²) < 4.78 is 0. The second kappa shape index (κ2) is 7.88. The molecule has 0 heterocycles. The van der Waals surface area contributed by atoms with E-state index in [0.717, 1.165) is 34.3 Å². The van der Waals surface area contributed by atoms with Gasteiger partial charge in [0.05, 0.1) is 17.5 Å². The second-order valence-corrected chi connectivity index (χ2v) is 5.86. The van der Waals surface area contributed by atoms with Crippen molar-refractivity contribution in [2.75, 3.05) is 18.4 Å². The average molecular weight is 334 g/mol. The third-order valence-corrected chi connectivity index (χ3v) is 3.99. The quantitative estimate of drug-likeness (QED) is 0.572. The van der Waals surface area contributed by atoms with E-state index in [1.165, 1.54) is 0 Å². The number of anilines is 1. The van der Waals surface area contributed by atoms with Crippen LogP contribution >= 0.6 is 0 Å². The fourth-order valence-electron chi connectivity index (χ4n) is 2.69. The van der Waals surface area contributed by atoms with Crippen LogP contribution in [-0.4, -0.2) is 18.2 Å². The van der Waals surface area contributed by atoms with Crippen molar-refractivity contribution in [2.24, 2.45) is 16.0 Å². The highest BCUT2D eigenvalue weighted by atomic mass is 16.3. The van der Waals surface area contributed by atoms with E-state index >= 15 is 0 Å². The van der Waals surface area contributed by atoms with Gasteiger partial charge in [-0.3, -0.25) is 0 Å². The number of nitrogens with one attached hydrogen (secondary N) is 1. The Labute approximate surface area is 147 Å². The third kappa shape index (κ3) is 4.02. The molecule has 3 aromatic carbocycles. The number of fused-ring (bicyclic) bond motifs is 1. The molecule has 0 spiro atoms. The lowest BCUT2D eigenvalue weighted by molar-refractivity contribution is 0.199. The van der Waals surface area contributed by atoms with Gasteiger partial charge in [-0.25, -0.2) is 0 Å². The van der Waals surface area contributed by atoms with Crippen LogP contribution in [-0.2, 0) is 0 Å². The Morgan fingerprint density at radius 2 is 1.80 bits per heavy atom. The zero-order valence-electron chi connectivity index (χ0n) is 14.2. The molecule has 1 unspecified atom stereocenters. The summed E-state index contributed by atoms with van der Waals surface area (Å²) in [5.74, 6) is 0. The molecule has 4 N–H and O–H groups in total. The van der Waals surface area contributed by atoms with E-state index in [1.807, 2.05) is 54.6 Å². The van der Waals surface area contributed by atoms with Crippen LogP contribution in [0.4, 0.5) is 17.1 Å². The van der Waals surface area contributed by atoms with Gasteiger partial charge in [0.15, 0.2) is 0 Å². The molecule has 0 radical (unpaired) electrons. The Balaban J connectivity index is 1.95. The Kier molecular flexibility index (Phi) is 5.38. The van der Waals surface area contributed by atoms with Gasteiger partial charge in [-0.2, -0.15) is 5.11 Å². The Hall–Kier alpha value is -2.76. The van der Waals surface area contributed by atoms with Crippen molar-refractivity contribution in [3.63, 3.8) is 0 Å². The van der Waals surface area contributed by atoms with Crippen LogP contribution in [0.25, 0.3) is 10.8 Å². The van der Waals surface area contributed by atoms with E-state index in [9.17, 15) is 5.11 Å². The number of hydrogen-bond donors (Lipinski definition) is 3. The summed E-state index contributed by atoms with van der Waals surface area (Å²) >= 11 is 0. The smallest absolute Gasteiger partial charge is 0.0936 e. The molecule has 3 aromatic rings. The molecular formula is C20H22N4O. The van der Waals surface area contributed by atoms with Crippen molar-refractivity contribution in [3.8, 4) is 0 Å². The molecule has 5 nitrogen and oxygen atoms in total. The molecule has 0 aliphatic carbocycles. The molecule has 0 aliphatic rings. The highest BCUT2D eigenvalue weighted by Gasteiger charge is 2.05. The lowest BCUT2D eigenvalue weighted by Gasteiger charge is -2.10.